The van der Waals surface area contributed by atoms with E-state index in [1.165, 1.54) is 180 Å². The molecule has 0 atom stereocenters. The van der Waals surface area contributed by atoms with Crippen LogP contribution in [0.1, 0.15) is 285 Å². The summed E-state index contributed by atoms with van der Waals surface area (Å²) in [5.74, 6) is -3.64. The molecule has 0 unspecified atom stereocenters. The van der Waals surface area contributed by atoms with Crippen LogP contribution in [0.25, 0.3) is 0 Å². The fourth-order valence-corrected chi connectivity index (χ4v) is 6.32. The Labute approximate surface area is 522 Å². The Kier molecular flexibility index (Phi) is 104. The molecule has 0 aliphatic carbocycles. The average molecular weight is 938 g/mol. The normalized spacial score (nSPS) is 9.67. The van der Waals surface area contributed by atoms with Gasteiger partial charge in [-0.05, 0) is 51.4 Å². The third kappa shape index (κ3) is 100.0. The van der Waals surface area contributed by atoms with Crippen molar-refractivity contribution < 1.29 is 223 Å². The van der Waals surface area contributed by atoms with Gasteiger partial charge in [0.05, 0.1) is 0 Å². The van der Waals surface area contributed by atoms with Gasteiger partial charge in [-0.1, -0.05) is 233 Å². The first-order valence-electron chi connectivity index (χ1n) is 23.9. The van der Waals surface area contributed by atoms with E-state index in [0.717, 1.165) is 51.4 Å². The molecule has 0 saturated heterocycles. The molecule has 12 heteroatoms. The van der Waals surface area contributed by atoms with Gasteiger partial charge in [0.15, 0.2) is 0 Å². The summed E-state index contributed by atoms with van der Waals surface area (Å²) in [6, 6.07) is 0. The molecule has 0 aliphatic heterocycles. The minimum atomic E-state index is -0.909. The molecule has 0 aliphatic rings. The molecule has 0 saturated carbocycles. The number of rotatable bonds is 40. The summed E-state index contributed by atoms with van der Waals surface area (Å²) in [7, 11) is 0. The van der Waals surface area contributed by atoms with E-state index in [0.29, 0.717) is 0 Å². The van der Waals surface area contributed by atoms with E-state index < -0.39 is 23.9 Å². The number of carbonyl (C=O) groups is 4. The van der Waals surface area contributed by atoms with Gasteiger partial charge >= 0.3 is 184 Å². The second-order valence-corrected chi connectivity index (χ2v) is 15.8. The molecule has 0 radical (unpaired) electrons. The number of aliphatic carboxylic acids is 4. The fraction of sp³-hybridized carbons (Fsp3) is 0.917. The summed E-state index contributed by atoms with van der Waals surface area (Å²) in [5.41, 5.74) is 0. The van der Waals surface area contributed by atoms with Crippen LogP contribution in [0.3, 0.4) is 0 Å². The van der Waals surface area contributed by atoms with Gasteiger partial charge in [0.2, 0.25) is 0 Å². The van der Waals surface area contributed by atoms with E-state index in [2.05, 4.69) is 27.7 Å². The van der Waals surface area contributed by atoms with Crippen LogP contribution in [-0.2, 0) is 19.2 Å². The van der Waals surface area contributed by atoms with Crippen LogP contribution in [-0.4, -0.2) is 23.9 Å². The third-order valence-electron chi connectivity index (χ3n) is 9.94. The van der Waals surface area contributed by atoms with Crippen molar-refractivity contribution in [1.82, 2.24) is 0 Å². The van der Waals surface area contributed by atoms with Crippen LogP contribution in [0.5, 0.6) is 0 Å². The second kappa shape index (κ2) is 77.0. The zero-order valence-electron chi connectivity index (χ0n) is 41.6. The SMILES string of the molecule is CCCCCCCCCCCC(=O)[O-].CCCCCCCCCCCC(=O)[O-].CCCCCCCCCCCC(=O)[O-].CCCCCCCCCCCC(=O)[O-].[K+].[K+].[K+].[Na+]. The molecule has 0 heterocycles. The fourth-order valence-electron chi connectivity index (χ4n) is 6.32. The van der Waals surface area contributed by atoms with Crippen LogP contribution >= 0.6 is 0 Å². The molecule has 0 bridgehead atoms. The zero-order valence-corrected chi connectivity index (χ0v) is 52.9. The Morgan fingerprint density at radius 3 is 0.433 bits per heavy atom. The number of hydrogen-bond acceptors (Lipinski definition) is 8. The summed E-state index contributed by atoms with van der Waals surface area (Å²) >= 11 is 0. The zero-order chi connectivity index (χ0) is 42.6. The molecule has 0 spiro atoms. The number of carboxylic acids is 4. The van der Waals surface area contributed by atoms with Gasteiger partial charge in [-0.3, -0.25) is 0 Å². The molecule has 0 aromatic heterocycles. The van der Waals surface area contributed by atoms with E-state index in [9.17, 15) is 39.6 Å². The predicted octanol–water partition coefficient (Wildman–Crippen LogP) is -1.36. The monoisotopic (exact) mass is 937 g/mol. The first-order valence-corrected chi connectivity index (χ1v) is 23.9. The Balaban J connectivity index is -0.0000000980. The molecule has 0 fully saturated rings. The molecule has 0 aromatic carbocycles. The molecular weight excluding hydrogens is 845 g/mol. The molecule has 0 aromatic rings. The summed E-state index contributed by atoms with van der Waals surface area (Å²) in [6.45, 7) is 8.89. The van der Waals surface area contributed by atoms with Crippen LogP contribution in [0.2, 0.25) is 0 Å². The van der Waals surface area contributed by atoms with Crippen LogP contribution in [0.4, 0.5) is 0 Å². The molecule has 336 valence electrons. The average Bonchev–Trinajstić information content (AvgIpc) is 3.15. The second-order valence-electron chi connectivity index (χ2n) is 15.8. The summed E-state index contributed by atoms with van der Waals surface area (Å²) in [4.78, 5) is 40.4. The number of carbonyl (C=O) groups excluding carboxylic acids is 4. The number of hydrogen-bond donors (Lipinski definition) is 0. The van der Waals surface area contributed by atoms with Crippen molar-refractivity contribution in [3.05, 3.63) is 0 Å². The molecular formula is C48H92K3NaO8. The van der Waals surface area contributed by atoms with E-state index in [1.807, 2.05) is 0 Å². The first kappa shape index (κ1) is 80.8. The van der Waals surface area contributed by atoms with Crippen molar-refractivity contribution >= 4 is 23.9 Å². The number of unbranched alkanes of at least 4 members (excludes halogenated alkanes) is 32. The van der Waals surface area contributed by atoms with Gasteiger partial charge in [0, 0.05) is 23.9 Å². The van der Waals surface area contributed by atoms with Crippen LogP contribution in [0.15, 0.2) is 0 Å². The van der Waals surface area contributed by atoms with Gasteiger partial charge in [-0.2, -0.15) is 0 Å². The van der Waals surface area contributed by atoms with Crippen molar-refractivity contribution in [3.8, 4) is 0 Å². The summed E-state index contributed by atoms with van der Waals surface area (Å²) < 4.78 is 0. The minimum absolute atomic E-state index is 0. The first-order chi connectivity index (χ1) is 27.1. The third-order valence-corrected chi connectivity index (χ3v) is 9.94. The molecule has 8 nitrogen and oxygen atoms in total. The Morgan fingerprint density at radius 2 is 0.333 bits per heavy atom. The van der Waals surface area contributed by atoms with Gasteiger partial charge in [-0.15, -0.1) is 0 Å². The van der Waals surface area contributed by atoms with E-state index in [1.54, 1.807) is 0 Å². The summed E-state index contributed by atoms with van der Waals surface area (Å²) in [5, 5.41) is 40.4. The van der Waals surface area contributed by atoms with E-state index in [4.69, 9.17) is 0 Å². The Morgan fingerprint density at radius 1 is 0.233 bits per heavy atom. The maximum Gasteiger partial charge on any atom is 1.00 e. The molecule has 0 rings (SSSR count). The van der Waals surface area contributed by atoms with Crippen molar-refractivity contribution in [3.63, 3.8) is 0 Å². The Hall–Kier alpha value is 3.79. The smallest absolute Gasteiger partial charge is 0.550 e. The predicted molar refractivity (Wildman–Crippen MR) is 227 cm³/mol. The largest absolute Gasteiger partial charge is 1.00 e. The van der Waals surface area contributed by atoms with E-state index >= 15 is 0 Å². The van der Waals surface area contributed by atoms with Crippen molar-refractivity contribution in [2.45, 2.75) is 285 Å². The molecule has 60 heavy (non-hydrogen) atoms. The molecule has 0 amide bonds. The standard InChI is InChI=1S/4C12H24O2.3K.Na/c4*1-2-3-4-5-6-7-8-9-10-11-12(13)14;;;;/h4*2-11H2,1H3,(H,13,14);;;;/q;;;;4*+1/p-4. The van der Waals surface area contributed by atoms with Gasteiger partial charge in [0.25, 0.3) is 0 Å². The van der Waals surface area contributed by atoms with Gasteiger partial charge < -0.3 is 39.6 Å². The Bertz CT molecular complexity index is 682. The van der Waals surface area contributed by atoms with Crippen molar-refractivity contribution in [1.29, 1.82) is 0 Å². The van der Waals surface area contributed by atoms with Crippen LogP contribution < -0.4 is 204 Å². The topological polar surface area (TPSA) is 161 Å². The summed E-state index contributed by atoms with van der Waals surface area (Å²) in [6.07, 6.45) is 44.7. The van der Waals surface area contributed by atoms with Crippen molar-refractivity contribution in [2.75, 3.05) is 0 Å². The van der Waals surface area contributed by atoms with Crippen LogP contribution in [0, 0.1) is 0 Å². The van der Waals surface area contributed by atoms with Gasteiger partial charge in [0.1, 0.15) is 0 Å². The number of carboxylic acid groups (broad SMARTS) is 4. The quantitative estimate of drug-likeness (QED) is 0.0539. The maximum absolute atomic E-state index is 10.1. The minimum Gasteiger partial charge on any atom is -0.550 e. The maximum atomic E-state index is 10.1. The van der Waals surface area contributed by atoms with Gasteiger partial charge in [-0.25, -0.2) is 0 Å². The molecule has 0 N–H and O–H groups in total. The van der Waals surface area contributed by atoms with Crippen molar-refractivity contribution in [2.24, 2.45) is 0 Å². The van der Waals surface area contributed by atoms with E-state index in [-0.39, 0.29) is 209 Å².